The highest BCUT2D eigenvalue weighted by Gasteiger charge is 2.10. The number of hydrogen-bond donors (Lipinski definition) is 0. The van der Waals surface area contributed by atoms with E-state index in [1.54, 1.807) is 11.8 Å². The fourth-order valence-corrected chi connectivity index (χ4v) is 2.60. The van der Waals surface area contributed by atoms with Crippen molar-refractivity contribution in [2.24, 2.45) is 5.92 Å². The minimum absolute atomic E-state index is 0.355. The minimum Gasteiger partial charge on any atom is -0.113 e. The Hall–Kier alpha value is -0.860. The van der Waals surface area contributed by atoms with Crippen molar-refractivity contribution in [1.82, 2.24) is 0 Å². The molecule has 15 heavy (non-hydrogen) atoms. The van der Waals surface area contributed by atoms with Crippen LogP contribution in [0.25, 0.3) is 0 Å². The molecule has 0 nitrogen and oxygen atoms in total. The highest BCUT2D eigenvalue weighted by Crippen LogP contribution is 2.22. The van der Waals surface area contributed by atoms with Crippen molar-refractivity contribution < 1.29 is 0 Å². The van der Waals surface area contributed by atoms with Crippen LogP contribution in [0.2, 0.25) is 0 Å². The molecule has 0 radical (unpaired) electrons. The predicted octanol–water partition coefficient (Wildman–Crippen LogP) is 3.99. The number of thioether (sulfide) groups is 1. The summed E-state index contributed by atoms with van der Waals surface area (Å²) in [7, 11) is 0. The summed E-state index contributed by atoms with van der Waals surface area (Å²) >= 11 is 7.13. The third-order valence-electron chi connectivity index (χ3n) is 2.24. The van der Waals surface area contributed by atoms with Crippen molar-refractivity contribution in [1.29, 1.82) is 0 Å². The van der Waals surface area contributed by atoms with Gasteiger partial charge in [0, 0.05) is 11.7 Å². The molecule has 0 N–H and O–H groups in total. The highest BCUT2D eigenvalue weighted by atomic mass is 32.2. The molecule has 1 aliphatic rings. The monoisotopic (exact) mass is 232 g/mol. The smallest absolute Gasteiger partial charge is 0.0588 e. The van der Waals surface area contributed by atoms with Gasteiger partial charge in [0.1, 0.15) is 0 Å². The molecule has 1 aromatic rings. The Labute approximate surface area is 100 Å². The van der Waals surface area contributed by atoms with E-state index in [-0.39, 0.29) is 0 Å². The molecule has 0 spiro atoms. The van der Waals surface area contributed by atoms with E-state index in [1.165, 1.54) is 5.56 Å². The number of benzene rings is 1. The molecular weight excluding hydrogens is 220 g/mol. The van der Waals surface area contributed by atoms with Crippen LogP contribution in [0, 0.1) is 5.92 Å². The number of hydrogen-bond acceptors (Lipinski definition) is 2. The molecule has 1 aliphatic carbocycles. The number of allylic oxidation sites excluding steroid dienone is 4. The number of rotatable bonds is 3. The summed E-state index contributed by atoms with van der Waals surface area (Å²) in [5.74, 6) is 1.33. The molecule has 2 heteroatoms. The molecule has 0 atom stereocenters. The molecule has 0 saturated carbocycles. The SMILES string of the molecule is S=C(SCc1ccccc1)C1C=CC=C1. The molecule has 0 unspecified atom stereocenters. The molecule has 0 aliphatic heterocycles. The summed E-state index contributed by atoms with van der Waals surface area (Å²) in [4.78, 5) is 0. The van der Waals surface area contributed by atoms with Crippen molar-refractivity contribution in [3.8, 4) is 0 Å². The molecule has 0 heterocycles. The molecule has 0 aromatic heterocycles. The van der Waals surface area contributed by atoms with Gasteiger partial charge in [-0.15, -0.1) is 11.8 Å². The molecular formula is C13H12S2. The van der Waals surface area contributed by atoms with Crippen molar-refractivity contribution >= 4 is 28.2 Å². The summed E-state index contributed by atoms with van der Waals surface area (Å²) in [5.41, 5.74) is 1.33. The second kappa shape index (κ2) is 5.29. The lowest BCUT2D eigenvalue weighted by molar-refractivity contribution is 1.22. The zero-order chi connectivity index (χ0) is 10.5. The molecule has 0 saturated heterocycles. The van der Waals surface area contributed by atoms with Gasteiger partial charge in [-0.25, -0.2) is 0 Å². The van der Waals surface area contributed by atoms with E-state index in [4.69, 9.17) is 12.2 Å². The summed E-state index contributed by atoms with van der Waals surface area (Å²) in [6.45, 7) is 0. The third kappa shape index (κ3) is 3.05. The van der Waals surface area contributed by atoms with Crippen LogP contribution in [-0.2, 0) is 5.75 Å². The Morgan fingerprint density at radius 2 is 1.80 bits per heavy atom. The average molecular weight is 232 g/mol. The molecule has 2 rings (SSSR count). The largest absolute Gasteiger partial charge is 0.113 e. The fraction of sp³-hybridized carbons (Fsp3) is 0.154. The Kier molecular flexibility index (Phi) is 3.75. The summed E-state index contributed by atoms with van der Waals surface area (Å²) < 4.78 is 1.06. The first-order valence-electron chi connectivity index (χ1n) is 4.92. The van der Waals surface area contributed by atoms with E-state index in [9.17, 15) is 0 Å². The van der Waals surface area contributed by atoms with Gasteiger partial charge in [-0.1, -0.05) is 66.9 Å². The third-order valence-corrected chi connectivity index (χ3v) is 3.90. The van der Waals surface area contributed by atoms with Crippen LogP contribution in [0.3, 0.4) is 0 Å². The summed E-state index contributed by atoms with van der Waals surface area (Å²) in [5, 5.41) is 0. The van der Waals surface area contributed by atoms with Crippen LogP contribution in [0.15, 0.2) is 54.6 Å². The normalized spacial score (nSPS) is 14.7. The lowest BCUT2D eigenvalue weighted by atomic mass is 10.2. The van der Waals surface area contributed by atoms with Crippen LogP contribution in [0.1, 0.15) is 5.56 Å². The van der Waals surface area contributed by atoms with Gasteiger partial charge in [-0.2, -0.15) is 0 Å². The molecule has 0 bridgehead atoms. The Balaban J connectivity index is 1.86. The fourth-order valence-electron chi connectivity index (χ4n) is 1.41. The van der Waals surface area contributed by atoms with Gasteiger partial charge in [0.25, 0.3) is 0 Å². The summed E-state index contributed by atoms with van der Waals surface area (Å²) in [6, 6.07) is 10.4. The average Bonchev–Trinajstić information content (AvgIpc) is 2.81. The lowest BCUT2D eigenvalue weighted by Crippen LogP contribution is -2.00. The molecule has 1 aromatic carbocycles. The van der Waals surface area contributed by atoms with Crippen LogP contribution in [0.4, 0.5) is 0 Å². The molecule has 0 fully saturated rings. The first-order valence-corrected chi connectivity index (χ1v) is 6.31. The quantitative estimate of drug-likeness (QED) is 0.723. The van der Waals surface area contributed by atoms with Crippen molar-refractivity contribution in [3.63, 3.8) is 0 Å². The maximum atomic E-state index is 5.37. The van der Waals surface area contributed by atoms with Crippen LogP contribution in [0.5, 0.6) is 0 Å². The van der Waals surface area contributed by atoms with Crippen LogP contribution >= 0.6 is 24.0 Å². The van der Waals surface area contributed by atoms with Gasteiger partial charge >= 0.3 is 0 Å². The van der Waals surface area contributed by atoms with E-state index < -0.39 is 0 Å². The van der Waals surface area contributed by atoms with E-state index >= 15 is 0 Å². The second-order valence-electron chi connectivity index (χ2n) is 3.39. The van der Waals surface area contributed by atoms with Gasteiger partial charge in [-0.3, -0.25) is 0 Å². The molecule has 0 amide bonds. The van der Waals surface area contributed by atoms with Gasteiger partial charge in [0.15, 0.2) is 0 Å². The highest BCUT2D eigenvalue weighted by molar-refractivity contribution is 8.22. The lowest BCUT2D eigenvalue weighted by Gasteiger charge is -2.07. The zero-order valence-corrected chi connectivity index (χ0v) is 9.93. The first-order chi connectivity index (χ1) is 7.36. The summed E-state index contributed by atoms with van der Waals surface area (Å²) in [6.07, 6.45) is 8.39. The zero-order valence-electron chi connectivity index (χ0n) is 8.30. The maximum absolute atomic E-state index is 5.37. The standard InChI is InChI=1S/C13H12S2/c14-13(12-8-4-5-9-12)15-10-11-6-2-1-3-7-11/h1-9,12H,10H2. The van der Waals surface area contributed by atoms with E-state index in [0.29, 0.717) is 5.92 Å². The number of thiocarbonyl (C=S) groups is 1. The van der Waals surface area contributed by atoms with Gasteiger partial charge in [0.05, 0.1) is 4.20 Å². The first kappa shape index (κ1) is 10.7. The Morgan fingerprint density at radius 1 is 1.13 bits per heavy atom. The topological polar surface area (TPSA) is 0 Å². The van der Waals surface area contributed by atoms with E-state index in [1.807, 2.05) is 6.07 Å². The second-order valence-corrected chi connectivity index (χ2v) is 5.10. The van der Waals surface area contributed by atoms with Crippen LogP contribution in [-0.4, -0.2) is 4.20 Å². The maximum Gasteiger partial charge on any atom is 0.0588 e. The van der Waals surface area contributed by atoms with Crippen molar-refractivity contribution in [2.75, 3.05) is 0 Å². The van der Waals surface area contributed by atoms with Crippen molar-refractivity contribution in [2.45, 2.75) is 5.75 Å². The predicted molar refractivity (Wildman–Crippen MR) is 72.1 cm³/mol. The van der Waals surface area contributed by atoms with E-state index in [2.05, 4.69) is 48.6 Å². The van der Waals surface area contributed by atoms with Gasteiger partial charge in [0.2, 0.25) is 0 Å². The van der Waals surface area contributed by atoms with E-state index in [0.717, 1.165) is 9.95 Å². The van der Waals surface area contributed by atoms with Gasteiger partial charge < -0.3 is 0 Å². The minimum atomic E-state index is 0.355. The Morgan fingerprint density at radius 3 is 2.47 bits per heavy atom. The molecule has 76 valence electrons. The Bertz CT molecular complexity index is 378. The van der Waals surface area contributed by atoms with Crippen molar-refractivity contribution in [3.05, 3.63) is 60.2 Å². The van der Waals surface area contributed by atoms with Crippen LogP contribution < -0.4 is 0 Å². The van der Waals surface area contributed by atoms with Gasteiger partial charge in [-0.05, 0) is 5.56 Å².